The third-order valence-electron chi connectivity index (χ3n) is 3.01. The highest BCUT2D eigenvalue weighted by Gasteiger charge is 2.54. The standard InChI is InChI=1S/C9H17F3/c1-6(2)8(5,7(3)4)9(10,11)12/h6-7H,1-5H3. The predicted molar refractivity (Wildman–Crippen MR) is 43.8 cm³/mol. The van der Waals surface area contributed by atoms with E-state index in [1.807, 2.05) is 0 Å². The van der Waals surface area contributed by atoms with Crippen molar-refractivity contribution in [2.24, 2.45) is 17.3 Å². The van der Waals surface area contributed by atoms with Crippen molar-refractivity contribution in [1.29, 1.82) is 0 Å². The molecule has 0 spiro atoms. The zero-order chi connectivity index (χ0) is 10.2. The molecule has 0 aromatic carbocycles. The molecule has 0 amide bonds. The molecular weight excluding hydrogens is 165 g/mol. The van der Waals surface area contributed by atoms with Gasteiger partial charge < -0.3 is 0 Å². The van der Waals surface area contributed by atoms with Crippen LogP contribution in [0.3, 0.4) is 0 Å². The van der Waals surface area contributed by atoms with E-state index in [0.717, 1.165) is 0 Å². The SMILES string of the molecule is CC(C)C(C)(C(C)C)C(F)(F)F. The van der Waals surface area contributed by atoms with Gasteiger partial charge in [0.25, 0.3) is 0 Å². The minimum absolute atomic E-state index is 0.377. The first kappa shape index (κ1) is 11.8. The minimum Gasteiger partial charge on any atom is -0.170 e. The van der Waals surface area contributed by atoms with Crippen LogP contribution in [0.5, 0.6) is 0 Å². The van der Waals surface area contributed by atoms with E-state index in [-0.39, 0.29) is 11.8 Å². The second kappa shape index (κ2) is 3.27. The fourth-order valence-corrected chi connectivity index (χ4v) is 1.32. The van der Waals surface area contributed by atoms with E-state index in [0.29, 0.717) is 0 Å². The smallest absolute Gasteiger partial charge is 0.170 e. The lowest BCUT2D eigenvalue weighted by Gasteiger charge is -2.39. The Balaban J connectivity index is 4.89. The van der Waals surface area contributed by atoms with Crippen LogP contribution in [0.15, 0.2) is 0 Å². The second-order valence-electron chi connectivity index (χ2n) is 4.09. The highest BCUT2D eigenvalue weighted by molar-refractivity contribution is 4.87. The molecule has 12 heavy (non-hydrogen) atoms. The molecule has 0 N–H and O–H groups in total. The fourth-order valence-electron chi connectivity index (χ4n) is 1.32. The molecule has 0 aliphatic carbocycles. The van der Waals surface area contributed by atoms with Gasteiger partial charge >= 0.3 is 6.18 Å². The van der Waals surface area contributed by atoms with Gasteiger partial charge in [0.1, 0.15) is 0 Å². The maximum absolute atomic E-state index is 12.6. The molecule has 0 aromatic heterocycles. The Labute approximate surface area is 72.2 Å². The Morgan fingerprint density at radius 3 is 1.08 bits per heavy atom. The molecule has 0 aliphatic heterocycles. The Morgan fingerprint density at radius 2 is 1.08 bits per heavy atom. The summed E-state index contributed by atoms with van der Waals surface area (Å²) in [6.45, 7) is 7.77. The maximum Gasteiger partial charge on any atom is 0.394 e. The first-order valence-corrected chi connectivity index (χ1v) is 4.20. The van der Waals surface area contributed by atoms with Crippen molar-refractivity contribution in [2.75, 3.05) is 0 Å². The number of rotatable bonds is 2. The maximum atomic E-state index is 12.6. The van der Waals surface area contributed by atoms with Crippen LogP contribution in [0.4, 0.5) is 13.2 Å². The van der Waals surface area contributed by atoms with Gasteiger partial charge in [-0.25, -0.2) is 0 Å². The number of hydrogen-bond acceptors (Lipinski definition) is 0. The number of hydrogen-bond donors (Lipinski definition) is 0. The average Bonchev–Trinajstić information content (AvgIpc) is 1.82. The van der Waals surface area contributed by atoms with E-state index in [4.69, 9.17) is 0 Å². The largest absolute Gasteiger partial charge is 0.394 e. The highest BCUT2D eigenvalue weighted by atomic mass is 19.4. The summed E-state index contributed by atoms with van der Waals surface area (Å²) in [5.41, 5.74) is -1.56. The Kier molecular flexibility index (Phi) is 3.21. The molecule has 0 heterocycles. The van der Waals surface area contributed by atoms with Crippen LogP contribution in [0, 0.1) is 17.3 Å². The summed E-state index contributed by atoms with van der Waals surface area (Å²) in [4.78, 5) is 0. The molecule has 0 aromatic rings. The molecule has 0 saturated heterocycles. The van der Waals surface area contributed by atoms with Crippen LogP contribution in [0.2, 0.25) is 0 Å². The van der Waals surface area contributed by atoms with Gasteiger partial charge in [-0.15, -0.1) is 0 Å². The van der Waals surface area contributed by atoms with Crippen LogP contribution in [0.1, 0.15) is 34.6 Å². The lowest BCUT2D eigenvalue weighted by Crippen LogP contribution is -2.44. The number of halogens is 3. The van der Waals surface area contributed by atoms with E-state index in [1.165, 1.54) is 6.92 Å². The van der Waals surface area contributed by atoms with Gasteiger partial charge in [0.15, 0.2) is 0 Å². The average molecular weight is 182 g/mol. The van der Waals surface area contributed by atoms with E-state index < -0.39 is 11.6 Å². The number of alkyl halides is 3. The monoisotopic (exact) mass is 182 g/mol. The summed E-state index contributed by atoms with van der Waals surface area (Å²) in [6.07, 6.45) is -4.10. The molecule has 0 bridgehead atoms. The summed E-state index contributed by atoms with van der Waals surface area (Å²) in [6, 6.07) is 0. The Morgan fingerprint density at radius 1 is 0.833 bits per heavy atom. The zero-order valence-electron chi connectivity index (χ0n) is 8.29. The van der Waals surface area contributed by atoms with Crippen LogP contribution in [0.25, 0.3) is 0 Å². The summed E-state index contributed by atoms with van der Waals surface area (Å²) in [7, 11) is 0. The third-order valence-corrected chi connectivity index (χ3v) is 3.01. The van der Waals surface area contributed by atoms with E-state index in [1.54, 1.807) is 27.7 Å². The van der Waals surface area contributed by atoms with Crippen molar-refractivity contribution in [2.45, 2.75) is 40.8 Å². The predicted octanol–water partition coefficient (Wildman–Crippen LogP) is 3.87. The molecule has 0 nitrogen and oxygen atoms in total. The van der Waals surface area contributed by atoms with Crippen molar-refractivity contribution >= 4 is 0 Å². The molecule has 0 fully saturated rings. The molecule has 0 radical (unpaired) electrons. The quantitative estimate of drug-likeness (QED) is 0.608. The van der Waals surface area contributed by atoms with Crippen LogP contribution >= 0.6 is 0 Å². The van der Waals surface area contributed by atoms with Gasteiger partial charge in [-0.3, -0.25) is 0 Å². The zero-order valence-corrected chi connectivity index (χ0v) is 8.29. The lowest BCUT2D eigenvalue weighted by molar-refractivity contribution is -0.248. The van der Waals surface area contributed by atoms with E-state index >= 15 is 0 Å². The van der Waals surface area contributed by atoms with Gasteiger partial charge in [-0.2, -0.15) is 13.2 Å². The fraction of sp³-hybridized carbons (Fsp3) is 1.00. The Hall–Kier alpha value is -0.210. The van der Waals surface area contributed by atoms with Crippen molar-refractivity contribution in [3.8, 4) is 0 Å². The summed E-state index contributed by atoms with van der Waals surface area (Å²) < 4.78 is 37.8. The second-order valence-corrected chi connectivity index (χ2v) is 4.09. The van der Waals surface area contributed by atoms with Gasteiger partial charge in [0.05, 0.1) is 5.41 Å². The summed E-state index contributed by atoms with van der Waals surface area (Å²) >= 11 is 0. The van der Waals surface area contributed by atoms with Gasteiger partial charge in [-0.05, 0) is 11.8 Å². The van der Waals surface area contributed by atoms with Crippen molar-refractivity contribution < 1.29 is 13.2 Å². The van der Waals surface area contributed by atoms with Crippen LogP contribution in [-0.2, 0) is 0 Å². The van der Waals surface area contributed by atoms with Gasteiger partial charge in [-0.1, -0.05) is 34.6 Å². The molecule has 0 saturated carbocycles. The molecular formula is C9H17F3. The highest BCUT2D eigenvalue weighted by Crippen LogP contribution is 2.48. The molecule has 0 unspecified atom stereocenters. The van der Waals surface area contributed by atoms with Crippen LogP contribution < -0.4 is 0 Å². The summed E-state index contributed by atoms with van der Waals surface area (Å²) in [5.74, 6) is -0.755. The topological polar surface area (TPSA) is 0 Å². The lowest BCUT2D eigenvalue weighted by atomic mass is 9.70. The van der Waals surface area contributed by atoms with E-state index in [2.05, 4.69) is 0 Å². The van der Waals surface area contributed by atoms with Crippen molar-refractivity contribution in [3.05, 3.63) is 0 Å². The molecule has 0 rings (SSSR count). The first-order valence-electron chi connectivity index (χ1n) is 4.20. The molecule has 0 aliphatic rings. The molecule has 74 valence electrons. The molecule has 3 heteroatoms. The molecule has 0 atom stereocenters. The minimum atomic E-state index is -4.10. The van der Waals surface area contributed by atoms with Crippen LogP contribution in [-0.4, -0.2) is 6.18 Å². The van der Waals surface area contributed by atoms with E-state index in [9.17, 15) is 13.2 Å². The van der Waals surface area contributed by atoms with Crippen molar-refractivity contribution in [3.63, 3.8) is 0 Å². The third kappa shape index (κ3) is 1.75. The summed E-state index contributed by atoms with van der Waals surface area (Å²) in [5, 5.41) is 0. The normalized spacial score (nSPS) is 14.5. The van der Waals surface area contributed by atoms with Gasteiger partial charge in [0.2, 0.25) is 0 Å². The van der Waals surface area contributed by atoms with Crippen molar-refractivity contribution in [1.82, 2.24) is 0 Å². The van der Waals surface area contributed by atoms with Gasteiger partial charge in [0, 0.05) is 0 Å². The first-order chi connectivity index (χ1) is 5.14. The Bertz CT molecular complexity index is 136.